The van der Waals surface area contributed by atoms with Crippen molar-refractivity contribution in [2.45, 2.75) is 38.5 Å². The second-order valence-corrected chi connectivity index (χ2v) is 10.4. The first-order valence-electron chi connectivity index (χ1n) is 12.3. The maximum atomic E-state index is 14.1. The van der Waals surface area contributed by atoms with Crippen molar-refractivity contribution in [2.24, 2.45) is 0 Å². The van der Waals surface area contributed by atoms with Crippen molar-refractivity contribution >= 4 is 23.2 Å². The van der Waals surface area contributed by atoms with Crippen LogP contribution in [0.1, 0.15) is 36.2 Å². The fraction of sp³-hybridized carbons (Fsp3) is 0.233. The van der Waals surface area contributed by atoms with Crippen molar-refractivity contribution in [3.05, 3.63) is 100 Å². The van der Waals surface area contributed by atoms with Crippen molar-refractivity contribution in [3.63, 3.8) is 0 Å². The van der Waals surface area contributed by atoms with Gasteiger partial charge in [0.2, 0.25) is 5.91 Å². The van der Waals surface area contributed by atoms with Crippen LogP contribution >= 0.6 is 11.6 Å². The summed E-state index contributed by atoms with van der Waals surface area (Å²) in [6.07, 6.45) is -7.04. The van der Waals surface area contributed by atoms with Crippen molar-refractivity contribution in [1.29, 1.82) is 0 Å². The maximum absolute atomic E-state index is 14.1. The lowest BCUT2D eigenvalue weighted by Crippen LogP contribution is -2.42. The number of pyridine rings is 2. The third kappa shape index (κ3) is 6.07. The molecule has 0 spiro atoms. The zero-order valence-electron chi connectivity index (χ0n) is 22.3. The van der Waals surface area contributed by atoms with Gasteiger partial charge >= 0.3 is 12.4 Å². The SMILES string of the molecule is Cc1cc(-c2nccc(-c3ccccc3Cl)c2N(C)C(=O)C(C)(C)c2cc(C(F)(F)F)cc(C(F)(F)F)c2)ccn1. The Morgan fingerprint density at radius 3 is 1.90 bits per heavy atom. The highest BCUT2D eigenvalue weighted by molar-refractivity contribution is 6.33. The number of benzene rings is 2. The van der Waals surface area contributed by atoms with Crippen molar-refractivity contribution in [1.82, 2.24) is 9.97 Å². The topological polar surface area (TPSA) is 46.1 Å². The summed E-state index contributed by atoms with van der Waals surface area (Å²) >= 11 is 6.50. The Kier molecular flexibility index (Phi) is 7.92. The fourth-order valence-electron chi connectivity index (χ4n) is 4.55. The Hall–Kier alpha value is -3.92. The zero-order chi connectivity index (χ0) is 30.3. The monoisotopic (exact) mass is 591 g/mol. The molecule has 0 radical (unpaired) electrons. The summed E-state index contributed by atoms with van der Waals surface area (Å²) in [5.74, 6) is -0.765. The summed E-state index contributed by atoms with van der Waals surface area (Å²) in [6, 6.07) is 13.1. The lowest BCUT2D eigenvalue weighted by atomic mass is 9.81. The van der Waals surface area contributed by atoms with Crippen LogP contribution in [-0.4, -0.2) is 22.9 Å². The molecule has 11 heteroatoms. The van der Waals surface area contributed by atoms with Crippen LogP contribution in [0.15, 0.2) is 73.1 Å². The Labute approximate surface area is 237 Å². The smallest absolute Gasteiger partial charge is 0.312 e. The number of alkyl halides is 6. The molecule has 4 aromatic rings. The number of halogens is 7. The van der Waals surface area contributed by atoms with Crippen LogP contribution in [-0.2, 0) is 22.6 Å². The van der Waals surface area contributed by atoms with E-state index >= 15 is 0 Å². The molecular formula is C30H24ClF6N3O. The lowest BCUT2D eigenvalue weighted by molar-refractivity contribution is -0.143. The van der Waals surface area contributed by atoms with E-state index in [2.05, 4.69) is 9.97 Å². The maximum Gasteiger partial charge on any atom is 0.416 e. The number of rotatable bonds is 5. The van der Waals surface area contributed by atoms with Gasteiger partial charge in [-0.2, -0.15) is 26.3 Å². The molecule has 1 amide bonds. The highest BCUT2D eigenvalue weighted by Crippen LogP contribution is 2.43. The standard InChI is InChI=1S/C30H24ClF6N3O/c1-17-13-18(9-11-38-17)25-26(23(10-12-39-25)22-7-5-6-8-24(22)31)40(4)27(41)28(2,3)19-14-20(29(32,33)34)16-21(15-19)30(35,36)37/h5-16H,1-4H3. The minimum absolute atomic E-state index is 0.0360. The molecule has 0 fully saturated rings. The summed E-state index contributed by atoms with van der Waals surface area (Å²) in [4.78, 5) is 24.0. The Morgan fingerprint density at radius 1 is 0.780 bits per heavy atom. The highest BCUT2D eigenvalue weighted by atomic mass is 35.5. The summed E-state index contributed by atoms with van der Waals surface area (Å²) in [5, 5.41) is 0.365. The largest absolute Gasteiger partial charge is 0.416 e. The van der Waals surface area contributed by atoms with Gasteiger partial charge in [0.1, 0.15) is 0 Å². The van der Waals surface area contributed by atoms with Crippen LogP contribution in [0.4, 0.5) is 32.0 Å². The van der Waals surface area contributed by atoms with Gasteiger partial charge in [-0.05, 0) is 68.8 Å². The van der Waals surface area contributed by atoms with Crippen LogP contribution in [0.5, 0.6) is 0 Å². The summed E-state index contributed by atoms with van der Waals surface area (Å²) in [6.45, 7) is 4.33. The van der Waals surface area contributed by atoms with Gasteiger partial charge in [0.05, 0.1) is 27.9 Å². The molecule has 0 bridgehead atoms. The van der Waals surface area contributed by atoms with E-state index in [1.807, 2.05) is 0 Å². The molecule has 0 aliphatic carbocycles. The van der Waals surface area contributed by atoms with Gasteiger partial charge in [-0.3, -0.25) is 14.8 Å². The molecule has 2 aromatic heterocycles. The molecule has 0 aliphatic rings. The number of carbonyl (C=O) groups is 1. The van der Waals surface area contributed by atoms with Crippen LogP contribution in [0, 0.1) is 6.92 Å². The molecule has 0 saturated carbocycles. The van der Waals surface area contributed by atoms with E-state index in [1.165, 1.54) is 32.0 Å². The Balaban J connectivity index is 1.94. The number of aromatic nitrogens is 2. The zero-order valence-corrected chi connectivity index (χ0v) is 23.1. The van der Waals surface area contributed by atoms with E-state index in [0.29, 0.717) is 45.2 Å². The first kappa shape index (κ1) is 30.0. The molecule has 4 nitrogen and oxygen atoms in total. The van der Waals surface area contributed by atoms with Crippen LogP contribution in [0.3, 0.4) is 0 Å². The van der Waals surface area contributed by atoms with Gasteiger partial charge in [-0.15, -0.1) is 0 Å². The second-order valence-electron chi connectivity index (χ2n) is 10.0. The average molecular weight is 592 g/mol. The average Bonchev–Trinajstić information content (AvgIpc) is 2.91. The van der Waals surface area contributed by atoms with Crippen LogP contribution in [0.2, 0.25) is 5.02 Å². The molecule has 41 heavy (non-hydrogen) atoms. The van der Waals surface area contributed by atoms with Crippen LogP contribution in [0.25, 0.3) is 22.4 Å². The van der Waals surface area contributed by atoms with E-state index < -0.39 is 40.4 Å². The molecule has 0 unspecified atom stereocenters. The predicted octanol–water partition coefficient (Wildman–Crippen LogP) is 8.75. The minimum Gasteiger partial charge on any atom is -0.312 e. The van der Waals surface area contributed by atoms with Gasteiger partial charge in [0, 0.05) is 46.8 Å². The van der Waals surface area contributed by atoms with E-state index in [-0.39, 0.29) is 11.8 Å². The van der Waals surface area contributed by atoms with Crippen molar-refractivity contribution in [3.8, 4) is 22.4 Å². The van der Waals surface area contributed by atoms with Gasteiger partial charge in [0.15, 0.2) is 0 Å². The molecule has 2 heterocycles. The molecule has 4 rings (SSSR count). The van der Waals surface area contributed by atoms with E-state index in [4.69, 9.17) is 11.6 Å². The summed E-state index contributed by atoms with van der Waals surface area (Å²) in [5.41, 5.74) is -2.36. The summed E-state index contributed by atoms with van der Waals surface area (Å²) in [7, 11) is 1.40. The highest BCUT2D eigenvalue weighted by Gasteiger charge is 2.41. The van der Waals surface area contributed by atoms with Gasteiger partial charge in [0.25, 0.3) is 0 Å². The quantitative estimate of drug-likeness (QED) is 0.218. The van der Waals surface area contributed by atoms with Gasteiger partial charge < -0.3 is 4.90 Å². The van der Waals surface area contributed by atoms with Gasteiger partial charge in [-0.25, -0.2) is 0 Å². The first-order valence-corrected chi connectivity index (χ1v) is 12.6. The molecule has 0 atom stereocenters. The van der Waals surface area contributed by atoms with Crippen LogP contribution < -0.4 is 4.90 Å². The normalized spacial score (nSPS) is 12.4. The second kappa shape index (κ2) is 10.8. The minimum atomic E-state index is -5.06. The third-order valence-corrected chi connectivity index (χ3v) is 7.07. The molecule has 2 aromatic carbocycles. The lowest BCUT2D eigenvalue weighted by Gasteiger charge is -2.33. The number of likely N-dealkylation sites (N-methyl/N-ethyl adjacent to an activating group) is 1. The molecule has 0 saturated heterocycles. The summed E-state index contributed by atoms with van der Waals surface area (Å²) < 4.78 is 81.7. The number of amides is 1. The number of hydrogen-bond donors (Lipinski definition) is 0. The Morgan fingerprint density at radius 2 is 1.34 bits per heavy atom. The van der Waals surface area contributed by atoms with Crippen molar-refractivity contribution in [2.75, 3.05) is 11.9 Å². The molecule has 0 N–H and O–H groups in total. The number of hydrogen-bond acceptors (Lipinski definition) is 3. The molecule has 0 aliphatic heterocycles. The predicted molar refractivity (Wildman–Crippen MR) is 146 cm³/mol. The van der Waals surface area contributed by atoms with Crippen molar-refractivity contribution < 1.29 is 31.1 Å². The number of nitrogens with zero attached hydrogens (tertiary/aromatic N) is 3. The number of aryl methyl sites for hydroxylation is 1. The van der Waals surface area contributed by atoms with E-state index in [9.17, 15) is 31.1 Å². The number of carbonyl (C=O) groups excluding carboxylic acids is 1. The molecular weight excluding hydrogens is 568 g/mol. The third-order valence-electron chi connectivity index (χ3n) is 6.74. The fourth-order valence-corrected chi connectivity index (χ4v) is 4.79. The van der Waals surface area contributed by atoms with E-state index in [1.54, 1.807) is 55.6 Å². The van der Waals surface area contributed by atoms with Gasteiger partial charge in [-0.1, -0.05) is 29.8 Å². The number of anilines is 1. The molecule has 214 valence electrons. The first-order chi connectivity index (χ1) is 19.0. The Bertz CT molecular complexity index is 1580. The van der Waals surface area contributed by atoms with E-state index in [0.717, 1.165) is 0 Å².